The average molecular weight is 433 g/mol. The van der Waals surface area contributed by atoms with Crippen molar-refractivity contribution in [1.29, 1.82) is 0 Å². The first-order valence-corrected chi connectivity index (χ1v) is 9.36. The number of hydrazone groups is 1. The highest BCUT2D eigenvalue weighted by molar-refractivity contribution is 6.32. The van der Waals surface area contributed by atoms with Gasteiger partial charge in [0.2, 0.25) is 0 Å². The Balaban J connectivity index is 1.68. The van der Waals surface area contributed by atoms with E-state index in [2.05, 4.69) is 10.5 Å². The number of aryl methyl sites for hydroxylation is 1. The molecule has 0 radical (unpaired) electrons. The molecule has 0 fully saturated rings. The second kappa shape index (κ2) is 9.49. The van der Waals surface area contributed by atoms with Crippen molar-refractivity contribution in [2.24, 2.45) is 5.10 Å². The van der Waals surface area contributed by atoms with Crippen molar-refractivity contribution in [3.8, 4) is 11.5 Å². The van der Waals surface area contributed by atoms with Crippen LogP contribution >= 0.6 is 23.2 Å². The van der Waals surface area contributed by atoms with Gasteiger partial charge in [-0.1, -0.05) is 35.3 Å². The van der Waals surface area contributed by atoms with E-state index >= 15 is 0 Å². The highest BCUT2D eigenvalue weighted by Crippen LogP contribution is 2.36. The number of furan rings is 1. The summed E-state index contributed by atoms with van der Waals surface area (Å²) in [7, 11) is 1.52. The van der Waals surface area contributed by atoms with Crippen LogP contribution in [0.25, 0.3) is 0 Å². The van der Waals surface area contributed by atoms with Crippen LogP contribution in [0.1, 0.15) is 27.4 Å². The molecule has 8 heteroatoms. The molecular weight excluding hydrogens is 415 g/mol. The molecule has 2 aromatic carbocycles. The Morgan fingerprint density at radius 3 is 2.59 bits per heavy atom. The monoisotopic (exact) mass is 432 g/mol. The highest BCUT2D eigenvalue weighted by Gasteiger charge is 2.12. The zero-order valence-corrected chi connectivity index (χ0v) is 17.3. The van der Waals surface area contributed by atoms with Gasteiger partial charge < -0.3 is 13.9 Å². The van der Waals surface area contributed by atoms with Gasteiger partial charge in [0.05, 0.1) is 18.3 Å². The van der Waals surface area contributed by atoms with Gasteiger partial charge in [-0.3, -0.25) is 4.79 Å². The van der Waals surface area contributed by atoms with Crippen LogP contribution in [0.5, 0.6) is 11.5 Å². The van der Waals surface area contributed by atoms with E-state index in [-0.39, 0.29) is 5.76 Å². The molecule has 0 saturated carbocycles. The first-order chi connectivity index (χ1) is 14.0. The molecule has 3 aromatic rings. The summed E-state index contributed by atoms with van der Waals surface area (Å²) in [5, 5.41) is 4.93. The van der Waals surface area contributed by atoms with Gasteiger partial charge in [-0.15, -0.1) is 0 Å². The average Bonchev–Trinajstić information content (AvgIpc) is 3.14. The van der Waals surface area contributed by atoms with Crippen molar-refractivity contribution < 1.29 is 18.7 Å². The quantitative estimate of drug-likeness (QED) is 0.408. The summed E-state index contributed by atoms with van der Waals surface area (Å²) >= 11 is 12.2. The number of rotatable bonds is 7. The molecule has 6 nitrogen and oxygen atoms in total. The van der Waals surface area contributed by atoms with Crippen LogP contribution in [0.4, 0.5) is 0 Å². The Bertz CT molecular complexity index is 1030. The van der Waals surface area contributed by atoms with Gasteiger partial charge in [0.25, 0.3) is 0 Å². The number of nitrogens with zero attached hydrogens (tertiary/aromatic N) is 1. The van der Waals surface area contributed by atoms with Crippen molar-refractivity contribution in [1.82, 2.24) is 5.43 Å². The summed E-state index contributed by atoms with van der Waals surface area (Å²) in [5.74, 6) is 1.23. The maximum Gasteiger partial charge on any atom is 0.307 e. The van der Waals surface area contributed by atoms with Gasteiger partial charge >= 0.3 is 5.91 Å². The van der Waals surface area contributed by atoms with Crippen molar-refractivity contribution in [2.45, 2.75) is 13.5 Å². The molecule has 29 heavy (non-hydrogen) atoms. The minimum atomic E-state index is -0.449. The standard InChI is InChI=1S/C21H18Cl2N2O4/c1-13-3-8-18(29-13)21(26)25-24-11-15-9-17(23)20(19(10-15)27-2)28-12-14-4-6-16(22)7-5-14/h3-11H,12H2,1-2H3,(H,25,26)/b24-11-. The van der Waals surface area contributed by atoms with Crippen LogP contribution in [0.3, 0.4) is 0 Å². The van der Waals surface area contributed by atoms with Gasteiger partial charge in [-0.05, 0) is 54.4 Å². The van der Waals surface area contributed by atoms with Crippen LogP contribution in [-0.2, 0) is 6.61 Å². The Hall–Kier alpha value is -2.96. The lowest BCUT2D eigenvalue weighted by Crippen LogP contribution is -2.16. The molecule has 0 bridgehead atoms. The molecule has 0 spiro atoms. The maximum atomic E-state index is 11.9. The van der Waals surface area contributed by atoms with Crippen LogP contribution in [0, 0.1) is 6.92 Å². The molecule has 0 aliphatic carbocycles. The SMILES string of the molecule is COc1cc(/C=N\NC(=O)c2ccc(C)o2)cc(Cl)c1OCc1ccc(Cl)cc1. The molecule has 0 aliphatic heterocycles. The molecule has 0 saturated heterocycles. The second-order valence-corrected chi connectivity index (χ2v) is 6.90. The molecule has 1 aromatic heterocycles. The molecule has 1 amide bonds. The first-order valence-electron chi connectivity index (χ1n) is 8.61. The first kappa shape index (κ1) is 20.8. The third-order valence-electron chi connectivity index (χ3n) is 3.89. The second-order valence-electron chi connectivity index (χ2n) is 6.06. The van der Waals surface area contributed by atoms with E-state index in [0.29, 0.717) is 39.5 Å². The maximum absolute atomic E-state index is 11.9. The van der Waals surface area contributed by atoms with E-state index < -0.39 is 5.91 Å². The third-order valence-corrected chi connectivity index (χ3v) is 4.42. The van der Waals surface area contributed by atoms with Crippen molar-refractivity contribution in [2.75, 3.05) is 7.11 Å². The van der Waals surface area contributed by atoms with E-state index in [0.717, 1.165) is 5.56 Å². The normalized spacial score (nSPS) is 10.9. The lowest BCUT2D eigenvalue weighted by atomic mass is 10.2. The van der Waals surface area contributed by atoms with E-state index in [9.17, 15) is 4.79 Å². The minimum Gasteiger partial charge on any atom is -0.493 e. The van der Waals surface area contributed by atoms with E-state index in [1.165, 1.54) is 13.3 Å². The lowest BCUT2D eigenvalue weighted by molar-refractivity contribution is 0.0926. The van der Waals surface area contributed by atoms with Gasteiger partial charge in [0.1, 0.15) is 12.4 Å². The van der Waals surface area contributed by atoms with Crippen molar-refractivity contribution >= 4 is 35.3 Å². The molecule has 3 rings (SSSR count). The topological polar surface area (TPSA) is 73.1 Å². The van der Waals surface area contributed by atoms with Crippen LogP contribution in [0.2, 0.25) is 10.0 Å². The predicted molar refractivity (Wildman–Crippen MR) is 112 cm³/mol. The van der Waals surface area contributed by atoms with E-state index in [1.54, 1.807) is 43.3 Å². The summed E-state index contributed by atoms with van der Waals surface area (Å²) in [6.07, 6.45) is 1.45. The number of amides is 1. The number of methoxy groups -OCH3 is 1. The molecular formula is C21H18Cl2N2O4. The third kappa shape index (κ3) is 5.53. The summed E-state index contributed by atoms with van der Waals surface area (Å²) < 4.78 is 16.4. The minimum absolute atomic E-state index is 0.182. The Kier molecular flexibility index (Phi) is 6.80. The van der Waals surface area contributed by atoms with Crippen molar-refractivity contribution in [3.63, 3.8) is 0 Å². The Labute approximate surface area is 178 Å². The van der Waals surface area contributed by atoms with Gasteiger partial charge in [0.15, 0.2) is 17.3 Å². The zero-order valence-electron chi connectivity index (χ0n) is 15.7. The molecule has 1 N–H and O–H groups in total. The van der Waals surface area contributed by atoms with E-state index in [1.807, 2.05) is 12.1 Å². The summed E-state index contributed by atoms with van der Waals surface area (Å²) in [6.45, 7) is 2.06. The van der Waals surface area contributed by atoms with Gasteiger partial charge in [-0.2, -0.15) is 5.10 Å². The number of hydrogen-bond acceptors (Lipinski definition) is 5. The molecule has 0 unspecified atom stereocenters. The number of nitrogens with one attached hydrogen (secondary N) is 1. The molecule has 0 atom stereocenters. The lowest BCUT2D eigenvalue weighted by Gasteiger charge is -2.13. The fourth-order valence-electron chi connectivity index (χ4n) is 2.47. The number of carbonyl (C=O) groups excluding carboxylic acids is 1. The van der Waals surface area contributed by atoms with Gasteiger partial charge in [-0.25, -0.2) is 5.43 Å². The van der Waals surface area contributed by atoms with Crippen LogP contribution < -0.4 is 14.9 Å². The Morgan fingerprint density at radius 2 is 1.93 bits per heavy atom. The number of carbonyl (C=O) groups is 1. The fraction of sp³-hybridized carbons (Fsp3) is 0.143. The highest BCUT2D eigenvalue weighted by atomic mass is 35.5. The number of hydrogen-bond donors (Lipinski definition) is 1. The number of benzene rings is 2. The molecule has 1 heterocycles. The number of halogens is 2. The largest absolute Gasteiger partial charge is 0.493 e. The smallest absolute Gasteiger partial charge is 0.307 e. The summed E-state index contributed by atoms with van der Waals surface area (Å²) in [6, 6.07) is 14.0. The predicted octanol–water partition coefficient (Wildman–Crippen LogP) is 5.25. The summed E-state index contributed by atoms with van der Waals surface area (Å²) in [5.41, 5.74) is 3.96. The number of ether oxygens (including phenoxy) is 2. The zero-order chi connectivity index (χ0) is 20.8. The fourth-order valence-corrected chi connectivity index (χ4v) is 2.87. The summed E-state index contributed by atoms with van der Waals surface area (Å²) in [4.78, 5) is 11.9. The molecule has 0 aliphatic rings. The van der Waals surface area contributed by atoms with Crippen LogP contribution in [0.15, 0.2) is 58.0 Å². The van der Waals surface area contributed by atoms with Crippen molar-refractivity contribution in [3.05, 3.63) is 81.2 Å². The van der Waals surface area contributed by atoms with Gasteiger partial charge in [0, 0.05) is 5.02 Å². The molecule has 150 valence electrons. The van der Waals surface area contributed by atoms with Crippen LogP contribution in [-0.4, -0.2) is 19.2 Å². The Morgan fingerprint density at radius 1 is 1.17 bits per heavy atom. The van der Waals surface area contributed by atoms with E-state index in [4.69, 9.17) is 37.1 Å².